The summed E-state index contributed by atoms with van der Waals surface area (Å²) in [6, 6.07) is 53.5. The van der Waals surface area contributed by atoms with E-state index in [1.54, 1.807) is 0 Å². The molecular formula is C46H34N4. The molecule has 238 valence electrons. The number of para-hydroxylation sites is 1. The molecule has 0 radical (unpaired) electrons. The van der Waals surface area contributed by atoms with Gasteiger partial charge in [0.2, 0.25) is 5.95 Å². The van der Waals surface area contributed by atoms with Gasteiger partial charge in [0.1, 0.15) is 5.82 Å². The minimum atomic E-state index is 0.0236. The Morgan fingerprint density at radius 2 is 1.06 bits per heavy atom. The Labute approximate surface area is 291 Å². The normalized spacial score (nSPS) is 15.5. The van der Waals surface area contributed by atoms with E-state index in [9.17, 15) is 0 Å². The van der Waals surface area contributed by atoms with Crippen LogP contribution in [0.15, 0.2) is 176 Å². The lowest BCUT2D eigenvalue weighted by atomic mass is 9.89. The molecule has 6 aromatic carbocycles. The Kier molecular flexibility index (Phi) is 7.47. The number of allylic oxidation sites excluding steroid dienone is 4. The lowest BCUT2D eigenvalue weighted by Crippen LogP contribution is -2.15. The quantitative estimate of drug-likeness (QED) is 0.181. The molecule has 2 aromatic heterocycles. The van der Waals surface area contributed by atoms with Crippen LogP contribution in [0.5, 0.6) is 0 Å². The summed E-state index contributed by atoms with van der Waals surface area (Å²) in [5, 5.41) is 2.31. The molecule has 4 nitrogen and oxygen atoms in total. The molecule has 0 saturated heterocycles. The predicted molar refractivity (Wildman–Crippen MR) is 206 cm³/mol. The first-order valence-electron chi connectivity index (χ1n) is 17.2. The molecule has 1 aliphatic rings. The third-order valence-electron chi connectivity index (χ3n) is 9.76. The van der Waals surface area contributed by atoms with E-state index in [4.69, 9.17) is 15.0 Å². The fourth-order valence-corrected chi connectivity index (χ4v) is 7.18. The Morgan fingerprint density at radius 3 is 1.76 bits per heavy atom. The fourth-order valence-electron chi connectivity index (χ4n) is 7.18. The van der Waals surface area contributed by atoms with E-state index in [-0.39, 0.29) is 11.8 Å². The van der Waals surface area contributed by atoms with Gasteiger partial charge in [-0.15, -0.1) is 0 Å². The molecule has 2 heterocycles. The predicted octanol–water partition coefficient (Wildman–Crippen LogP) is 11.5. The summed E-state index contributed by atoms with van der Waals surface area (Å²) in [7, 11) is 0. The second-order valence-electron chi connectivity index (χ2n) is 12.9. The van der Waals surface area contributed by atoms with Crippen LogP contribution in [0.25, 0.3) is 72.5 Å². The van der Waals surface area contributed by atoms with Gasteiger partial charge in [0.25, 0.3) is 0 Å². The average molecular weight is 643 g/mol. The van der Waals surface area contributed by atoms with Crippen LogP contribution in [0, 0.1) is 5.92 Å². The van der Waals surface area contributed by atoms with Crippen molar-refractivity contribution in [1.82, 2.24) is 19.5 Å². The number of hydrogen-bond donors (Lipinski definition) is 0. The number of rotatable bonds is 6. The van der Waals surface area contributed by atoms with Crippen molar-refractivity contribution in [3.05, 3.63) is 182 Å². The van der Waals surface area contributed by atoms with E-state index in [0.717, 1.165) is 49.9 Å². The van der Waals surface area contributed by atoms with Crippen LogP contribution in [-0.2, 0) is 0 Å². The van der Waals surface area contributed by atoms with Crippen molar-refractivity contribution < 1.29 is 0 Å². The van der Waals surface area contributed by atoms with Gasteiger partial charge in [-0.05, 0) is 51.9 Å². The molecule has 0 fully saturated rings. The van der Waals surface area contributed by atoms with Gasteiger partial charge >= 0.3 is 0 Å². The van der Waals surface area contributed by atoms with Crippen molar-refractivity contribution in [2.75, 3.05) is 0 Å². The van der Waals surface area contributed by atoms with E-state index in [2.05, 4.69) is 181 Å². The fraction of sp³-hybridized carbons (Fsp3) is 0.0652. The minimum Gasteiger partial charge on any atom is -0.277 e. The first kappa shape index (κ1) is 29.7. The number of benzene rings is 6. The third-order valence-corrected chi connectivity index (χ3v) is 9.76. The summed E-state index contributed by atoms with van der Waals surface area (Å²) >= 11 is 0. The highest BCUT2D eigenvalue weighted by atomic mass is 15.2. The van der Waals surface area contributed by atoms with E-state index < -0.39 is 0 Å². The smallest absolute Gasteiger partial charge is 0.238 e. The minimum absolute atomic E-state index is 0.0236. The summed E-state index contributed by atoms with van der Waals surface area (Å²) in [5.41, 5.74) is 10.0. The van der Waals surface area contributed by atoms with Crippen molar-refractivity contribution in [2.45, 2.75) is 12.8 Å². The van der Waals surface area contributed by atoms with E-state index in [1.165, 1.54) is 16.7 Å². The lowest BCUT2D eigenvalue weighted by molar-refractivity contribution is 0.597. The molecule has 0 N–H and O–H groups in total. The maximum Gasteiger partial charge on any atom is 0.238 e. The van der Waals surface area contributed by atoms with E-state index in [1.807, 2.05) is 6.07 Å². The van der Waals surface area contributed by atoms with Crippen LogP contribution in [0.3, 0.4) is 0 Å². The number of nitrogens with zero attached hydrogens (tertiary/aromatic N) is 4. The maximum absolute atomic E-state index is 5.31. The zero-order chi connectivity index (χ0) is 33.4. The summed E-state index contributed by atoms with van der Waals surface area (Å²) in [5.74, 6) is 2.31. The van der Waals surface area contributed by atoms with Crippen molar-refractivity contribution in [2.24, 2.45) is 5.92 Å². The standard InChI is InChI=1S/C46H34N4/c1-31-15-11-12-22-38(31)45-47-44(36-27-25-34(26-28-36)32-16-5-2-6-17-32)48-46(49-45)50-42-24-14-13-23-39(42)41-30-37(33-18-7-3-8-19-33)29-40(43(41)50)35-20-9-4-10-21-35/h2-31,38H,1H3. The molecule has 0 aliphatic heterocycles. The van der Waals surface area contributed by atoms with Crippen LogP contribution in [0.4, 0.5) is 0 Å². The summed E-state index contributed by atoms with van der Waals surface area (Å²) < 4.78 is 2.25. The van der Waals surface area contributed by atoms with Crippen LogP contribution in [-0.4, -0.2) is 19.5 Å². The van der Waals surface area contributed by atoms with Gasteiger partial charge < -0.3 is 0 Å². The molecule has 2 atom stereocenters. The van der Waals surface area contributed by atoms with Gasteiger partial charge in [-0.25, -0.2) is 4.98 Å². The van der Waals surface area contributed by atoms with Crippen LogP contribution < -0.4 is 0 Å². The Hall–Kier alpha value is -6.39. The maximum atomic E-state index is 5.31. The Bertz CT molecular complexity index is 2530. The number of hydrogen-bond acceptors (Lipinski definition) is 3. The second-order valence-corrected chi connectivity index (χ2v) is 12.9. The van der Waals surface area contributed by atoms with Gasteiger partial charge in [-0.3, -0.25) is 4.57 Å². The van der Waals surface area contributed by atoms with Crippen molar-refractivity contribution >= 4 is 21.8 Å². The van der Waals surface area contributed by atoms with Crippen LogP contribution in [0.1, 0.15) is 18.7 Å². The molecule has 8 aromatic rings. The molecule has 1 aliphatic carbocycles. The van der Waals surface area contributed by atoms with E-state index in [0.29, 0.717) is 11.8 Å². The second kappa shape index (κ2) is 12.6. The Morgan fingerprint density at radius 1 is 0.480 bits per heavy atom. The van der Waals surface area contributed by atoms with Crippen molar-refractivity contribution in [3.8, 4) is 50.7 Å². The molecule has 0 saturated carbocycles. The SMILES string of the molecule is CC1C=CC=CC1c1nc(-c2ccc(-c3ccccc3)cc2)nc(-n2c3ccccc3c3cc(-c4ccccc4)cc(-c4ccccc4)c32)n1. The van der Waals surface area contributed by atoms with Crippen LogP contribution >= 0.6 is 0 Å². The van der Waals surface area contributed by atoms with Gasteiger partial charge in [0, 0.05) is 27.8 Å². The monoisotopic (exact) mass is 642 g/mol. The largest absolute Gasteiger partial charge is 0.277 e. The van der Waals surface area contributed by atoms with Crippen LogP contribution in [0.2, 0.25) is 0 Å². The first-order chi connectivity index (χ1) is 24.7. The average Bonchev–Trinajstić information content (AvgIpc) is 3.53. The molecule has 9 rings (SSSR count). The highest BCUT2D eigenvalue weighted by Gasteiger charge is 2.25. The van der Waals surface area contributed by atoms with E-state index >= 15 is 0 Å². The zero-order valence-corrected chi connectivity index (χ0v) is 27.7. The summed E-state index contributed by atoms with van der Waals surface area (Å²) in [4.78, 5) is 15.8. The van der Waals surface area contributed by atoms with Gasteiger partial charge in [-0.1, -0.05) is 165 Å². The highest BCUT2D eigenvalue weighted by molar-refractivity contribution is 6.15. The van der Waals surface area contributed by atoms with Crippen molar-refractivity contribution in [3.63, 3.8) is 0 Å². The van der Waals surface area contributed by atoms with Gasteiger partial charge in [0.05, 0.1) is 11.0 Å². The summed E-state index contributed by atoms with van der Waals surface area (Å²) in [6.45, 7) is 2.22. The number of aromatic nitrogens is 4. The molecule has 0 bridgehead atoms. The lowest BCUT2D eigenvalue weighted by Gasteiger charge is -2.20. The molecule has 50 heavy (non-hydrogen) atoms. The van der Waals surface area contributed by atoms with Gasteiger partial charge in [-0.2, -0.15) is 9.97 Å². The molecular weight excluding hydrogens is 609 g/mol. The molecule has 4 heteroatoms. The highest BCUT2D eigenvalue weighted by Crippen LogP contribution is 2.41. The Balaban J connectivity index is 1.32. The third kappa shape index (κ3) is 5.32. The molecule has 2 unspecified atom stereocenters. The zero-order valence-electron chi connectivity index (χ0n) is 27.7. The van der Waals surface area contributed by atoms with Crippen molar-refractivity contribution in [1.29, 1.82) is 0 Å². The van der Waals surface area contributed by atoms with Gasteiger partial charge in [0.15, 0.2) is 5.82 Å². The molecule has 0 amide bonds. The summed E-state index contributed by atoms with van der Waals surface area (Å²) in [6.07, 6.45) is 8.64. The molecule has 0 spiro atoms. The topological polar surface area (TPSA) is 43.6 Å². The number of fused-ring (bicyclic) bond motifs is 3. The first-order valence-corrected chi connectivity index (χ1v) is 17.2.